The molecule has 0 unspecified atom stereocenters. The number of para-hydroxylation sites is 1. The molecule has 1 fully saturated rings. The summed E-state index contributed by atoms with van der Waals surface area (Å²) in [4.78, 5) is 22.0. The molecule has 0 N–H and O–H groups in total. The van der Waals surface area contributed by atoms with Crippen molar-refractivity contribution in [2.24, 2.45) is 7.05 Å². The summed E-state index contributed by atoms with van der Waals surface area (Å²) in [5, 5.41) is 0. The number of amides is 1. The van der Waals surface area contributed by atoms with Crippen molar-refractivity contribution >= 4 is 29.6 Å². The van der Waals surface area contributed by atoms with Gasteiger partial charge in [0.25, 0.3) is 0 Å². The third-order valence-corrected chi connectivity index (χ3v) is 5.73. The molecule has 0 bridgehead atoms. The summed E-state index contributed by atoms with van der Waals surface area (Å²) in [5.74, 6) is 1.59. The van der Waals surface area contributed by atoms with E-state index in [0.717, 1.165) is 31.0 Å². The molecule has 4 rings (SSSR count). The summed E-state index contributed by atoms with van der Waals surface area (Å²) in [6, 6.07) is 10.2. The van der Waals surface area contributed by atoms with Crippen LogP contribution in [-0.2, 0) is 29.4 Å². The minimum atomic E-state index is 0.0593. The zero-order valence-electron chi connectivity index (χ0n) is 15.7. The Bertz CT molecular complexity index is 920. The Morgan fingerprint density at radius 1 is 1.30 bits per heavy atom. The van der Waals surface area contributed by atoms with Gasteiger partial charge in [-0.25, -0.2) is 4.98 Å². The third kappa shape index (κ3) is 3.49. The fraction of sp³-hybridized carbons (Fsp3) is 0.450. The van der Waals surface area contributed by atoms with Crippen LogP contribution in [-0.4, -0.2) is 47.8 Å². The first-order valence-corrected chi connectivity index (χ1v) is 9.75. The van der Waals surface area contributed by atoms with Crippen LogP contribution in [0.3, 0.4) is 0 Å². The van der Waals surface area contributed by atoms with Crippen molar-refractivity contribution in [1.82, 2.24) is 9.55 Å². The van der Waals surface area contributed by atoms with Crippen LogP contribution in [0.15, 0.2) is 30.3 Å². The molecule has 1 aromatic carbocycles. The van der Waals surface area contributed by atoms with Crippen LogP contribution in [0.2, 0.25) is 0 Å². The van der Waals surface area contributed by atoms with E-state index >= 15 is 0 Å². The van der Waals surface area contributed by atoms with Crippen LogP contribution in [0.5, 0.6) is 0 Å². The van der Waals surface area contributed by atoms with Gasteiger partial charge >= 0.3 is 0 Å². The largest absolute Gasteiger partial charge is 0.378 e. The Labute approximate surface area is 164 Å². The number of anilines is 2. The fourth-order valence-electron chi connectivity index (χ4n) is 3.85. The zero-order valence-corrected chi connectivity index (χ0v) is 16.5. The molecule has 1 saturated heterocycles. The molecular formula is C20H24N4O2S. The van der Waals surface area contributed by atoms with E-state index in [2.05, 4.69) is 17.9 Å². The molecule has 7 heteroatoms. The molecule has 2 aliphatic rings. The van der Waals surface area contributed by atoms with Crippen LogP contribution in [0, 0.1) is 4.64 Å². The van der Waals surface area contributed by atoms with Gasteiger partial charge in [0.2, 0.25) is 5.91 Å². The molecule has 2 aliphatic heterocycles. The van der Waals surface area contributed by atoms with Crippen molar-refractivity contribution in [1.29, 1.82) is 0 Å². The van der Waals surface area contributed by atoms with Gasteiger partial charge in [-0.2, -0.15) is 0 Å². The van der Waals surface area contributed by atoms with Crippen molar-refractivity contribution in [3.8, 4) is 0 Å². The minimum absolute atomic E-state index is 0.0593. The van der Waals surface area contributed by atoms with E-state index in [9.17, 15) is 4.79 Å². The number of hydrogen-bond donors (Lipinski definition) is 0. The van der Waals surface area contributed by atoms with E-state index in [1.54, 1.807) is 0 Å². The molecule has 6 nitrogen and oxygen atoms in total. The van der Waals surface area contributed by atoms with Gasteiger partial charge in [0, 0.05) is 37.9 Å². The van der Waals surface area contributed by atoms with Gasteiger partial charge in [-0.1, -0.05) is 30.4 Å². The zero-order chi connectivity index (χ0) is 19.0. The first-order valence-electron chi connectivity index (χ1n) is 9.34. The molecular weight excluding hydrogens is 360 g/mol. The van der Waals surface area contributed by atoms with Crippen LogP contribution >= 0.6 is 12.2 Å². The molecule has 1 aromatic heterocycles. The molecule has 0 aliphatic carbocycles. The number of rotatable bonds is 3. The highest BCUT2D eigenvalue weighted by Gasteiger charge is 2.31. The van der Waals surface area contributed by atoms with Crippen molar-refractivity contribution < 1.29 is 9.53 Å². The predicted octanol–water partition coefficient (Wildman–Crippen LogP) is 2.51. The summed E-state index contributed by atoms with van der Waals surface area (Å²) in [7, 11) is 1.88. The molecule has 1 atom stereocenters. The molecule has 0 spiro atoms. The van der Waals surface area contributed by atoms with Gasteiger partial charge in [0.15, 0.2) is 0 Å². The van der Waals surface area contributed by atoms with E-state index in [1.165, 1.54) is 5.56 Å². The second-order valence-electron chi connectivity index (χ2n) is 7.15. The van der Waals surface area contributed by atoms with Gasteiger partial charge in [-0.05, 0) is 25.0 Å². The molecule has 0 saturated carbocycles. The first-order chi connectivity index (χ1) is 13.0. The molecule has 3 heterocycles. The number of aromatic nitrogens is 2. The van der Waals surface area contributed by atoms with Crippen LogP contribution in [0.25, 0.3) is 0 Å². The first kappa shape index (κ1) is 18.1. The van der Waals surface area contributed by atoms with Crippen LogP contribution in [0.1, 0.15) is 18.3 Å². The SMILES string of the molecule is C[C@@H]1Cc2ccccc2N1C(=O)Cc1nc(N2CCOCC2)cc(=S)n1C. The summed E-state index contributed by atoms with van der Waals surface area (Å²) >= 11 is 5.51. The van der Waals surface area contributed by atoms with E-state index in [1.807, 2.05) is 40.8 Å². The third-order valence-electron chi connectivity index (χ3n) is 5.33. The van der Waals surface area contributed by atoms with Gasteiger partial charge in [0.05, 0.1) is 19.6 Å². The highest BCUT2D eigenvalue weighted by molar-refractivity contribution is 7.71. The summed E-state index contributed by atoms with van der Waals surface area (Å²) in [6.45, 7) is 5.05. The topological polar surface area (TPSA) is 50.6 Å². The quantitative estimate of drug-likeness (QED) is 0.761. The lowest BCUT2D eigenvalue weighted by atomic mass is 10.1. The Morgan fingerprint density at radius 2 is 2.04 bits per heavy atom. The summed E-state index contributed by atoms with van der Waals surface area (Å²) in [5.41, 5.74) is 2.24. The number of fused-ring (bicyclic) bond motifs is 1. The predicted molar refractivity (Wildman–Crippen MR) is 108 cm³/mol. The highest BCUT2D eigenvalue weighted by atomic mass is 32.1. The smallest absolute Gasteiger partial charge is 0.234 e. The summed E-state index contributed by atoms with van der Waals surface area (Å²) in [6.07, 6.45) is 1.12. The van der Waals surface area contributed by atoms with Crippen molar-refractivity contribution in [3.63, 3.8) is 0 Å². The van der Waals surface area contributed by atoms with Gasteiger partial charge in [-0.15, -0.1) is 0 Å². The molecule has 2 aromatic rings. The Kier molecular flexibility index (Phi) is 4.97. The fourth-order valence-corrected chi connectivity index (χ4v) is 4.06. The maximum atomic E-state index is 13.1. The van der Waals surface area contributed by atoms with E-state index in [0.29, 0.717) is 23.7 Å². The Hall–Kier alpha value is -2.25. The van der Waals surface area contributed by atoms with Crippen molar-refractivity contribution in [3.05, 3.63) is 46.4 Å². The number of ether oxygens (including phenoxy) is 1. The second-order valence-corrected chi connectivity index (χ2v) is 7.57. The molecule has 142 valence electrons. The van der Waals surface area contributed by atoms with Gasteiger partial charge in [-0.3, -0.25) is 4.79 Å². The number of morpholine rings is 1. The maximum absolute atomic E-state index is 13.1. The average molecular weight is 385 g/mol. The minimum Gasteiger partial charge on any atom is -0.378 e. The second kappa shape index (κ2) is 7.40. The van der Waals surface area contributed by atoms with Gasteiger partial charge < -0.3 is 19.1 Å². The lowest BCUT2D eigenvalue weighted by Crippen LogP contribution is -2.38. The van der Waals surface area contributed by atoms with Crippen LogP contribution < -0.4 is 9.80 Å². The number of hydrogen-bond acceptors (Lipinski definition) is 5. The monoisotopic (exact) mass is 384 g/mol. The Balaban J connectivity index is 1.61. The lowest BCUT2D eigenvalue weighted by Gasteiger charge is -2.28. The standard InChI is InChI=1S/C20H24N4O2S/c1-14-11-15-5-3-4-6-16(15)24(14)19(25)12-17-21-18(13-20(27)22(17)2)23-7-9-26-10-8-23/h3-6,13-14H,7-12H2,1-2H3/t14-/m1/s1. The molecule has 27 heavy (non-hydrogen) atoms. The summed E-state index contributed by atoms with van der Waals surface area (Å²) < 4.78 is 7.94. The van der Waals surface area contributed by atoms with E-state index in [4.69, 9.17) is 21.9 Å². The number of carbonyl (C=O) groups is 1. The number of carbonyl (C=O) groups excluding carboxylic acids is 1. The average Bonchev–Trinajstić information content (AvgIpc) is 3.01. The van der Waals surface area contributed by atoms with Crippen LogP contribution in [0.4, 0.5) is 11.5 Å². The van der Waals surface area contributed by atoms with E-state index < -0.39 is 0 Å². The number of nitrogens with zero attached hydrogens (tertiary/aromatic N) is 4. The molecule has 0 radical (unpaired) electrons. The van der Waals surface area contributed by atoms with Crippen molar-refractivity contribution in [2.45, 2.75) is 25.8 Å². The van der Waals surface area contributed by atoms with Gasteiger partial charge in [0.1, 0.15) is 16.3 Å². The normalized spacial score (nSPS) is 19.3. The number of benzene rings is 1. The molecule has 1 amide bonds. The van der Waals surface area contributed by atoms with Crippen molar-refractivity contribution in [2.75, 3.05) is 36.1 Å². The van der Waals surface area contributed by atoms with E-state index in [-0.39, 0.29) is 18.4 Å². The lowest BCUT2D eigenvalue weighted by molar-refractivity contribution is -0.118. The highest BCUT2D eigenvalue weighted by Crippen LogP contribution is 2.32. The maximum Gasteiger partial charge on any atom is 0.234 e. The Morgan fingerprint density at radius 3 is 2.81 bits per heavy atom.